The van der Waals surface area contributed by atoms with E-state index in [-0.39, 0.29) is 12.2 Å². The fourth-order valence-corrected chi connectivity index (χ4v) is 3.21. The molecule has 0 saturated heterocycles. The van der Waals surface area contributed by atoms with Crippen LogP contribution in [0.15, 0.2) is 70.0 Å². The quantitative estimate of drug-likeness (QED) is 0.322. The lowest BCUT2D eigenvalue weighted by molar-refractivity contribution is -0.117. The van der Waals surface area contributed by atoms with Gasteiger partial charge in [0.05, 0.1) is 6.07 Å². The minimum atomic E-state index is -1.21. The van der Waals surface area contributed by atoms with E-state index in [0.29, 0.717) is 6.42 Å². The Bertz CT molecular complexity index is 1030. The SMILES string of the molecule is O=C(NC(Cc1ccc(-c2ccccc2)cc1)C[C@@H](O)C(=O)I)c1cc(=O)[nH]o1. The maximum Gasteiger partial charge on any atom is 0.290 e. The molecule has 3 rings (SSSR count). The fraction of sp³-hybridized carbons (Fsp3) is 0.190. The highest BCUT2D eigenvalue weighted by Crippen LogP contribution is 2.20. The molecule has 0 bridgehead atoms. The number of benzene rings is 2. The second kappa shape index (κ2) is 9.66. The van der Waals surface area contributed by atoms with Crippen molar-refractivity contribution in [2.24, 2.45) is 0 Å². The molecule has 7 nitrogen and oxygen atoms in total. The minimum Gasteiger partial charge on any atom is -0.384 e. The summed E-state index contributed by atoms with van der Waals surface area (Å²) in [6, 6.07) is 18.3. The zero-order valence-corrected chi connectivity index (χ0v) is 17.5. The average molecular weight is 506 g/mol. The van der Waals surface area contributed by atoms with E-state index in [4.69, 9.17) is 4.52 Å². The van der Waals surface area contributed by atoms with Crippen molar-refractivity contribution in [3.8, 4) is 11.1 Å². The Labute approximate surface area is 180 Å². The van der Waals surface area contributed by atoms with Crippen LogP contribution < -0.4 is 10.9 Å². The summed E-state index contributed by atoms with van der Waals surface area (Å²) in [6.07, 6.45) is -0.762. The van der Waals surface area contributed by atoms with Crippen LogP contribution in [-0.2, 0) is 11.2 Å². The van der Waals surface area contributed by atoms with E-state index < -0.39 is 27.4 Å². The number of hydrogen-bond acceptors (Lipinski definition) is 5. The summed E-state index contributed by atoms with van der Waals surface area (Å²) in [5.41, 5.74) is 2.56. The summed E-state index contributed by atoms with van der Waals surface area (Å²) in [7, 11) is 0. The van der Waals surface area contributed by atoms with Crippen molar-refractivity contribution in [3.05, 3.63) is 82.3 Å². The van der Waals surface area contributed by atoms with Gasteiger partial charge in [-0.15, -0.1) is 0 Å². The zero-order chi connectivity index (χ0) is 20.8. The molecule has 1 aromatic heterocycles. The number of H-pyrrole nitrogens is 1. The number of halogens is 1. The van der Waals surface area contributed by atoms with Gasteiger partial charge in [0.25, 0.3) is 11.5 Å². The molecule has 1 unspecified atom stereocenters. The fourth-order valence-electron chi connectivity index (χ4n) is 2.96. The molecule has 2 atom stereocenters. The van der Waals surface area contributed by atoms with Gasteiger partial charge in [-0.2, -0.15) is 5.16 Å². The van der Waals surface area contributed by atoms with Gasteiger partial charge in [-0.05, 0) is 23.1 Å². The van der Waals surface area contributed by atoms with Gasteiger partial charge in [0, 0.05) is 35.1 Å². The van der Waals surface area contributed by atoms with Gasteiger partial charge in [0.2, 0.25) is 9.55 Å². The van der Waals surface area contributed by atoms with Crippen LogP contribution in [0.1, 0.15) is 22.5 Å². The number of hydrogen-bond donors (Lipinski definition) is 3. The number of nitrogens with one attached hydrogen (secondary N) is 2. The molecule has 0 saturated carbocycles. The Morgan fingerprint density at radius 3 is 2.31 bits per heavy atom. The van der Waals surface area contributed by atoms with Gasteiger partial charge in [0.15, 0.2) is 0 Å². The lowest BCUT2D eigenvalue weighted by Gasteiger charge is -2.20. The molecule has 0 fully saturated rings. The smallest absolute Gasteiger partial charge is 0.290 e. The normalized spacial score (nSPS) is 12.9. The number of aromatic nitrogens is 1. The van der Waals surface area contributed by atoms with Crippen molar-refractivity contribution in [2.45, 2.75) is 25.0 Å². The number of aliphatic hydroxyl groups is 1. The minimum absolute atomic E-state index is 0.0443. The predicted molar refractivity (Wildman–Crippen MR) is 116 cm³/mol. The van der Waals surface area contributed by atoms with Crippen LogP contribution in [0.4, 0.5) is 0 Å². The molecule has 0 spiro atoms. The largest absolute Gasteiger partial charge is 0.384 e. The molecule has 0 aliphatic rings. The Balaban J connectivity index is 1.74. The van der Waals surface area contributed by atoms with Gasteiger partial charge in [-0.25, -0.2) is 0 Å². The molecule has 150 valence electrons. The molecular formula is C21H19IN2O5. The summed E-state index contributed by atoms with van der Waals surface area (Å²) in [6.45, 7) is 0. The number of carbonyl (C=O) groups is 2. The van der Waals surface area contributed by atoms with Crippen LogP contribution in [0.3, 0.4) is 0 Å². The van der Waals surface area contributed by atoms with Crippen LogP contribution in [-0.4, -0.2) is 32.1 Å². The molecule has 1 amide bonds. The summed E-state index contributed by atoms with van der Waals surface area (Å²) < 4.78 is 4.41. The highest BCUT2D eigenvalue weighted by Gasteiger charge is 2.23. The third kappa shape index (κ3) is 5.88. The predicted octanol–water partition coefficient (Wildman–Crippen LogP) is 2.69. The van der Waals surface area contributed by atoms with Gasteiger partial charge in [-0.3, -0.25) is 14.4 Å². The van der Waals surface area contributed by atoms with Crippen LogP contribution in [0.5, 0.6) is 0 Å². The molecule has 0 aliphatic carbocycles. The monoisotopic (exact) mass is 506 g/mol. The van der Waals surface area contributed by atoms with E-state index in [2.05, 4.69) is 10.5 Å². The molecule has 2 aromatic carbocycles. The molecule has 1 heterocycles. The summed E-state index contributed by atoms with van der Waals surface area (Å²) >= 11 is 1.53. The summed E-state index contributed by atoms with van der Waals surface area (Å²) in [5, 5.41) is 14.7. The second-order valence-electron chi connectivity index (χ2n) is 6.57. The Morgan fingerprint density at radius 1 is 1.07 bits per heavy atom. The van der Waals surface area contributed by atoms with Gasteiger partial charge >= 0.3 is 0 Å². The van der Waals surface area contributed by atoms with Crippen LogP contribution >= 0.6 is 22.6 Å². The highest BCUT2D eigenvalue weighted by atomic mass is 127. The van der Waals surface area contributed by atoms with Crippen LogP contribution in [0.2, 0.25) is 0 Å². The second-order valence-corrected chi connectivity index (χ2v) is 7.63. The van der Waals surface area contributed by atoms with Crippen molar-refractivity contribution < 1.29 is 19.2 Å². The standard InChI is InChI=1S/C21H19IN2O5/c22-20(27)17(25)11-16(23-21(28)18-12-19(26)24-29-18)10-13-6-8-15(9-7-13)14-4-2-1-3-5-14/h1-9,12,16-17,25H,10-11H2,(H,23,28)(H,24,26)/t16?,17-/m1/s1. The molecule has 8 heteroatoms. The first-order valence-corrected chi connectivity index (χ1v) is 10.0. The molecule has 3 N–H and O–H groups in total. The van der Waals surface area contributed by atoms with E-state index in [1.54, 1.807) is 0 Å². The number of aromatic amines is 1. The topological polar surface area (TPSA) is 112 Å². The van der Waals surface area contributed by atoms with E-state index in [0.717, 1.165) is 22.8 Å². The maximum absolute atomic E-state index is 12.3. The average Bonchev–Trinajstić information content (AvgIpc) is 3.15. The van der Waals surface area contributed by atoms with Crippen molar-refractivity contribution in [2.75, 3.05) is 0 Å². The van der Waals surface area contributed by atoms with E-state index in [9.17, 15) is 19.5 Å². The number of aliphatic hydroxyl groups excluding tert-OH is 1. The molecule has 0 aliphatic heterocycles. The molecule has 0 radical (unpaired) electrons. The lowest BCUT2D eigenvalue weighted by Crippen LogP contribution is -2.39. The van der Waals surface area contributed by atoms with Crippen LogP contribution in [0, 0.1) is 0 Å². The van der Waals surface area contributed by atoms with Crippen molar-refractivity contribution >= 4 is 32.3 Å². The Morgan fingerprint density at radius 2 is 1.72 bits per heavy atom. The lowest BCUT2D eigenvalue weighted by atomic mass is 9.98. The van der Waals surface area contributed by atoms with E-state index in [1.807, 2.05) is 54.6 Å². The first-order chi connectivity index (χ1) is 13.9. The maximum atomic E-state index is 12.3. The molecular weight excluding hydrogens is 487 g/mol. The van der Waals surface area contributed by atoms with Gasteiger partial charge < -0.3 is 14.9 Å². The third-order valence-corrected chi connectivity index (χ3v) is 5.11. The van der Waals surface area contributed by atoms with E-state index in [1.165, 1.54) is 22.6 Å². The molecule has 3 aromatic rings. The van der Waals surface area contributed by atoms with Gasteiger partial charge in [0.1, 0.15) is 6.10 Å². The highest BCUT2D eigenvalue weighted by molar-refractivity contribution is 14.1. The van der Waals surface area contributed by atoms with Gasteiger partial charge in [-0.1, -0.05) is 54.6 Å². The first kappa shape index (κ1) is 21.0. The third-order valence-electron chi connectivity index (χ3n) is 4.40. The summed E-state index contributed by atoms with van der Waals surface area (Å²) in [4.78, 5) is 34.9. The van der Waals surface area contributed by atoms with Crippen molar-refractivity contribution in [3.63, 3.8) is 0 Å². The van der Waals surface area contributed by atoms with Crippen molar-refractivity contribution in [1.29, 1.82) is 0 Å². The Hall–Kier alpha value is -2.72. The number of rotatable bonds is 8. The number of amides is 1. The summed E-state index contributed by atoms with van der Waals surface area (Å²) in [5.74, 6) is -0.753. The molecule has 29 heavy (non-hydrogen) atoms. The van der Waals surface area contributed by atoms with Crippen LogP contribution in [0.25, 0.3) is 11.1 Å². The van der Waals surface area contributed by atoms with Crippen molar-refractivity contribution in [1.82, 2.24) is 10.5 Å². The zero-order valence-electron chi connectivity index (χ0n) is 15.3. The Kier molecular flexibility index (Phi) is 6.99. The van der Waals surface area contributed by atoms with E-state index >= 15 is 0 Å². The first-order valence-electron chi connectivity index (χ1n) is 8.93. The number of carbonyl (C=O) groups excluding carboxylic acids is 2.